The predicted octanol–water partition coefficient (Wildman–Crippen LogP) is 3.71. The summed E-state index contributed by atoms with van der Waals surface area (Å²) < 4.78 is 1.68. The summed E-state index contributed by atoms with van der Waals surface area (Å²) in [7, 11) is 0. The van der Waals surface area contributed by atoms with Crippen molar-refractivity contribution in [1.29, 1.82) is 0 Å². The Morgan fingerprint density at radius 3 is 2.48 bits per heavy atom. The number of carbonyl (C=O) groups is 1. The molecule has 0 aliphatic heterocycles. The van der Waals surface area contributed by atoms with Crippen LogP contribution in [0.15, 0.2) is 48.5 Å². The van der Waals surface area contributed by atoms with E-state index in [2.05, 4.69) is 10.3 Å². The number of rotatable bonds is 3. The molecule has 0 saturated carbocycles. The van der Waals surface area contributed by atoms with Crippen LogP contribution < -0.4 is 0 Å². The number of carbonyl (C=O) groups excluding carboxylic acids is 1. The van der Waals surface area contributed by atoms with Gasteiger partial charge in [0.2, 0.25) is 0 Å². The number of para-hydroxylation sites is 1. The third kappa shape index (κ3) is 2.45. The van der Waals surface area contributed by atoms with E-state index < -0.39 is 0 Å². The third-order valence-electron chi connectivity index (χ3n) is 3.27. The van der Waals surface area contributed by atoms with Crippen LogP contribution in [0.2, 0.25) is 5.02 Å². The molecule has 1 heterocycles. The maximum absolute atomic E-state index is 11.3. The fourth-order valence-corrected chi connectivity index (χ4v) is 2.35. The fraction of sp³-hybridized carbons (Fsp3) is 0.0625. The highest BCUT2D eigenvalue weighted by atomic mass is 35.5. The number of nitrogens with zero attached hydrogens (tertiary/aromatic N) is 3. The molecule has 0 N–H and O–H groups in total. The Hall–Kier alpha value is -2.46. The molecule has 104 valence electrons. The lowest BCUT2D eigenvalue weighted by atomic mass is 10.1. The smallest absolute Gasteiger partial charge is 0.172 e. The minimum Gasteiger partial charge on any atom is -0.296 e. The molecule has 0 amide bonds. The predicted molar refractivity (Wildman–Crippen MR) is 81.9 cm³/mol. The number of aryl methyl sites for hydroxylation is 1. The van der Waals surface area contributed by atoms with Crippen LogP contribution in [0.5, 0.6) is 0 Å². The van der Waals surface area contributed by atoms with Crippen LogP contribution in [0.4, 0.5) is 0 Å². The van der Waals surface area contributed by atoms with E-state index in [1.807, 2.05) is 43.3 Å². The first-order chi connectivity index (χ1) is 10.2. The molecule has 3 aromatic rings. The molecule has 4 nitrogen and oxygen atoms in total. The summed E-state index contributed by atoms with van der Waals surface area (Å²) in [5.74, 6) is 0. The van der Waals surface area contributed by atoms with Gasteiger partial charge in [-0.3, -0.25) is 4.79 Å². The van der Waals surface area contributed by atoms with Gasteiger partial charge in [0.05, 0.1) is 5.69 Å². The Morgan fingerprint density at radius 1 is 1.10 bits per heavy atom. The Morgan fingerprint density at radius 2 is 1.81 bits per heavy atom. The van der Waals surface area contributed by atoms with E-state index in [1.165, 1.54) is 0 Å². The normalized spacial score (nSPS) is 10.6. The van der Waals surface area contributed by atoms with Crippen molar-refractivity contribution in [2.24, 2.45) is 0 Å². The van der Waals surface area contributed by atoms with Crippen LogP contribution >= 0.6 is 11.6 Å². The lowest BCUT2D eigenvalue weighted by Gasteiger charge is -2.09. The zero-order valence-corrected chi connectivity index (χ0v) is 12.1. The largest absolute Gasteiger partial charge is 0.296 e. The number of hydrogen-bond donors (Lipinski definition) is 0. The lowest BCUT2D eigenvalue weighted by molar-refractivity contribution is 0.111. The lowest BCUT2D eigenvalue weighted by Crippen LogP contribution is -2.02. The highest BCUT2D eigenvalue weighted by Crippen LogP contribution is 2.26. The SMILES string of the molecule is Cc1ccccc1-n1nnc(C=O)c1-c1ccc(Cl)cc1. The summed E-state index contributed by atoms with van der Waals surface area (Å²) in [6, 6.07) is 15.1. The molecule has 0 spiro atoms. The Balaban J connectivity index is 2.24. The van der Waals surface area contributed by atoms with Gasteiger partial charge in [-0.1, -0.05) is 47.1 Å². The molecule has 0 unspecified atom stereocenters. The Bertz CT molecular complexity index is 794. The highest BCUT2D eigenvalue weighted by molar-refractivity contribution is 6.30. The number of benzene rings is 2. The average molecular weight is 298 g/mol. The number of hydrogen-bond acceptors (Lipinski definition) is 3. The van der Waals surface area contributed by atoms with Crippen LogP contribution in [-0.2, 0) is 0 Å². The first kappa shape index (κ1) is 13.5. The molecular weight excluding hydrogens is 286 g/mol. The molecule has 0 radical (unpaired) electrons. The van der Waals surface area contributed by atoms with Crippen LogP contribution in [0.3, 0.4) is 0 Å². The second-order valence-electron chi connectivity index (χ2n) is 4.65. The summed E-state index contributed by atoms with van der Waals surface area (Å²) in [5.41, 5.74) is 3.75. The topological polar surface area (TPSA) is 47.8 Å². The first-order valence-electron chi connectivity index (χ1n) is 6.43. The molecular formula is C16H12ClN3O. The van der Waals surface area contributed by atoms with Crippen LogP contribution in [0, 0.1) is 6.92 Å². The number of aldehydes is 1. The van der Waals surface area contributed by atoms with Crippen molar-refractivity contribution in [3.63, 3.8) is 0 Å². The second-order valence-corrected chi connectivity index (χ2v) is 5.08. The van der Waals surface area contributed by atoms with E-state index in [0.717, 1.165) is 16.8 Å². The zero-order chi connectivity index (χ0) is 14.8. The standard InChI is InChI=1S/C16H12ClN3O/c1-11-4-2-3-5-15(11)20-16(14(10-21)18-19-20)12-6-8-13(17)9-7-12/h2-10H,1H3. The summed E-state index contributed by atoms with van der Waals surface area (Å²) in [5, 5.41) is 8.72. The molecule has 2 aromatic carbocycles. The van der Waals surface area contributed by atoms with E-state index in [9.17, 15) is 4.79 Å². The van der Waals surface area contributed by atoms with Crippen molar-refractivity contribution in [3.8, 4) is 16.9 Å². The third-order valence-corrected chi connectivity index (χ3v) is 3.52. The van der Waals surface area contributed by atoms with Gasteiger partial charge in [-0.2, -0.15) is 0 Å². The van der Waals surface area contributed by atoms with E-state index in [0.29, 0.717) is 22.7 Å². The minimum atomic E-state index is 0.306. The highest BCUT2D eigenvalue weighted by Gasteiger charge is 2.16. The van der Waals surface area contributed by atoms with Gasteiger partial charge in [0, 0.05) is 10.6 Å². The summed E-state index contributed by atoms with van der Waals surface area (Å²) in [6.45, 7) is 1.99. The van der Waals surface area contributed by atoms with Gasteiger partial charge in [0.25, 0.3) is 0 Å². The van der Waals surface area contributed by atoms with Crippen molar-refractivity contribution in [1.82, 2.24) is 15.0 Å². The van der Waals surface area contributed by atoms with Crippen molar-refractivity contribution in [2.75, 3.05) is 0 Å². The van der Waals surface area contributed by atoms with Gasteiger partial charge in [-0.25, -0.2) is 4.68 Å². The van der Waals surface area contributed by atoms with Gasteiger partial charge in [-0.15, -0.1) is 5.10 Å². The van der Waals surface area contributed by atoms with Gasteiger partial charge in [0.1, 0.15) is 5.69 Å². The molecule has 0 fully saturated rings. The Labute approximate surface area is 127 Å². The molecule has 0 aliphatic carbocycles. The first-order valence-corrected chi connectivity index (χ1v) is 6.81. The fourth-order valence-electron chi connectivity index (χ4n) is 2.22. The Kier molecular flexibility index (Phi) is 3.54. The number of aromatic nitrogens is 3. The molecule has 3 rings (SSSR count). The molecule has 5 heteroatoms. The van der Waals surface area contributed by atoms with E-state index >= 15 is 0 Å². The average Bonchev–Trinajstić information content (AvgIpc) is 2.92. The van der Waals surface area contributed by atoms with E-state index in [1.54, 1.807) is 16.8 Å². The summed E-state index contributed by atoms with van der Waals surface area (Å²) in [4.78, 5) is 11.3. The van der Waals surface area contributed by atoms with Gasteiger partial charge < -0.3 is 0 Å². The molecule has 0 bridgehead atoms. The van der Waals surface area contributed by atoms with Crippen molar-refractivity contribution < 1.29 is 4.79 Å². The van der Waals surface area contributed by atoms with Crippen LogP contribution in [0.25, 0.3) is 16.9 Å². The molecule has 1 aromatic heterocycles. The number of halogens is 1. The van der Waals surface area contributed by atoms with Crippen molar-refractivity contribution in [3.05, 3.63) is 64.8 Å². The van der Waals surface area contributed by atoms with Crippen LogP contribution in [0.1, 0.15) is 16.1 Å². The zero-order valence-electron chi connectivity index (χ0n) is 11.3. The van der Waals surface area contributed by atoms with Gasteiger partial charge in [-0.05, 0) is 30.7 Å². The molecule has 0 saturated heterocycles. The summed E-state index contributed by atoms with van der Waals surface area (Å²) in [6.07, 6.45) is 0.714. The van der Waals surface area contributed by atoms with Crippen LogP contribution in [-0.4, -0.2) is 21.3 Å². The minimum absolute atomic E-state index is 0.306. The van der Waals surface area contributed by atoms with Crippen molar-refractivity contribution in [2.45, 2.75) is 6.92 Å². The maximum atomic E-state index is 11.3. The van der Waals surface area contributed by atoms with Crippen molar-refractivity contribution >= 4 is 17.9 Å². The van der Waals surface area contributed by atoms with E-state index in [4.69, 9.17) is 11.6 Å². The van der Waals surface area contributed by atoms with Gasteiger partial charge >= 0.3 is 0 Å². The molecule has 21 heavy (non-hydrogen) atoms. The monoisotopic (exact) mass is 297 g/mol. The second kappa shape index (κ2) is 5.50. The van der Waals surface area contributed by atoms with Gasteiger partial charge in [0.15, 0.2) is 12.0 Å². The quantitative estimate of drug-likeness (QED) is 0.692. The maximum Gasteiger partial charge on any atom is 0.172 e. The molecule has 0 aliphatic rings. The van der Waals surface area contributed by atoms with E-state index in [-0.39, 0.29) is 0 Å². The molecule has 0 atom stereocenters. The summed E-state index contributed by atoms with van der Waals surface area (Å²) >= 11 is 5.92.